The fourth-order valence-electron chi connectivity index (χ4n) is 1.98. The molecule has 2 atom stereocenters. The zero-order chi connectivity index (χ0) is 15.5. The number of rotatable bonds is 2. The van der Waals surface area contributed by atoms with Crippen molar-refractivity contribution in [3.05, 3.63) is 46.0 Å². The van der Waals surface area contributed by atoms with Crippen LogP contribution in [-0.4, -0.2) is 16.9 Å². The number of carbonyl (C=O) groups excluding carboxylic acids is 1. The average Bonchev–Trinajstić information content (AvgIpc) is 2.52. The van der Waals surface area contributed by atoms with Gasteiger partial charge in [0.2, 0.25) is 11.9 Å². The lowest BCUT2D eigenvalue weighted by Gasteiger charge is -2.26. The molecule has 1 amide bonds. The van der Waals surface area contributed by atoms with Crippen molar-refractivity contribution in [2.75, 3.05) is 0 Å². The summed E-state index contributed by atoms with van der Waals surface area (Å²) in [5.41, 5.74) is 0.789. The highest BCUT2D eigenvalue weighted by Crippen LogP contribution is 2.25. The lowest BCUT2D eigenvalue weighted by atomic mass is 9.92. The molecule has 0 saturated carbocycles. The maximum Gasteiger partial charge on any atom is 0.237 e. The minimum Gasteiger partial charge on any atom is -0.343 e. The molecule has 112 valence electrons. The van der Waals surface area contributed by atoms with Crippen molar-refractivity contribution in [3.63, 3.8) is 0 Å². The molecular formula is C15H24N2O3. The summed E-state index contributed by atoms with van der Waals surface area (Å²) in [6.07, 6.45) is 0.535. The molecule has 2 unspecified atom stereocenters. The van der Waals surface area contributed by atoms with Gasteiger partial charge in [-0.3, -0.25) is 14.9 Å². The third kappa shape index (κ3) is 4.99. The van der Waals surface area contributed by atoms with Crippen LogP contribution in [0.5, 0.6) is 0 Å². The smallest absolute Gasteiger partial charge is 0.237 e. The van der Waals surface area contributed by atoms with Gasteiger partial charge in [0.1, 0.15) is 6.04 Å². The summed E-state index contributed by atoms with van der Waals surface area (Å²) < 4.78 is 0. The van der Waals surface area contributed by atoms with E-state index in [2.05, 4.69) is 5.32 Å². The van der Waals surface area contributed by atoms with E-state index in [-0.39, 0.29) is 17.3 Å². The van der Waals surface area contributed by atoms with Crippen LogP contribution in [0.2, 0.25) is 0 Å². The molecule has 0 radical (unpaired) electrons. The molecule has 1 aliphatic heterocycles. The van der Waals surface area contributed by atoms with E-state index in [1.54, 1.807) is 12.1 Å². The molecular weight excluding hydrogens is 256 g/mol. The summed E-state index contributed by atoms with van der Waals surface area (Å²) in [4.78, 5) is 21.9. The lowest BCUT2D eigenvalue weighted by molar-refractivity contribution is -0.529. The molecule has 5 nitrogen and oxygen atoms in total. The van der Waals surface area contributed by atoms with E-state index < -0.39 is 12.1 Å². The first-order valence-corrected chi connectivity index (χ1v) is 7.16. The van der Waals surface area contributed by atoms with E-state index in [1.165, 1.54) is 0 Å². The monoisotopic (exact) mass is 280 g/mol. The van der Waals surface area contributed by atoms with Gasteiger partial charge in [-0.1, -0.05) is 58.0 Å². The van der Waals surface area contributed by atoms with E-state index in [0.717, 1.165) is 5.56 Å². The molecule has 0 spiro atoms. The van der Waals surface area contributed by atoms with Gasteiger partial charge in [-0.15, -0.1) is 0 Å². The third-order valence-electron chi connectivity index (χ3n) is 2.80. The molecule has 5 heteroatoms. The quantitative estimate of drug-likeness (QED) is 0.667. The van der Waals surface area contributed by atoms with Crippen molar-refractivity contribution in [2.24, 2.45) is 0 Å². The zero-order valence-electron chi connectivity index (χ0n) is 12.6. The molecule has 1 fully saturated rings. The topological polar surface area (TPSA) is 72.2 Å². The van der Waals surface area contributed by atoms with E-state index >= 15 is 0 Å². The Balaban J connectivity index is 0.000000829. The Labute approximate surface area is 120 Å². The van der Waals surface area contributed by atoms with Crippen LogP contribution in [-0.2, 0) is 4.79 Å². The summed E-state index contributed by atoms with van der Waals surface area (Å²) in [6.45, 7) is 8.00. The first kappa shape index (κ1) is 18.1. The second kappa shape index (κ2) is 9.95. The Hall–Kier alpha value is -1.91. The van der Waals surface area contributed by atoms with Gasteiger partial charge in [-0.25, -0.2) is 0 Å². The average molecular weight is 280 g/mol. The normalized spacial score (nSPS) is 20.5. The standard InChI is InChI=1S/C11H12N2O3.2C2H6/c14-10-7-6-9(13(15)16)11(12-10)8-4-2-1-3-5-8;2*1-2/h1-5,9,11H,6-7H2,(H,12,14);2*1-2H3. The van der Waals surface area contributed by atoms with E-state index in [9.17, 15) is 14.9 Å². The van der Waals surface area contributed by atoms with E-state index in [1.807, 2.05) is 45.9 Å². The number of nitrogens with one attached hydrogen (secondary N) is 1. The van der Waals surface area contributed by atoms with Gasteiger partial charge in [-0.05, 0) is 5.56 Å². The Bertz CT molecular complexity index is 407. The first-order valence-electron chi connectivity index (χ1n) is 7.16. The largest absolute Gasteiger partial charge is 0.343 e. The van der Waals surface area contributed by atoms with E-state index in [0.29, 0.717) is 6.42 Å². The molecule has 1 aromatic carbocycles. The molecule has 0 aliphatic carbocycles. The Morgan fingerprint density at radius 2 is 1.70 bits per heavy atom. The minimum absolute atomic E-state index is 0.119. The number of benzene rings is 1. The van der Waals surface area contributed by atoms with Crippen molar-refractivity contribution in [1.29, 1.82) is 0 Å². The maximum atomic E-state index is 11.3. The van der Waals surface area contributed by atoms with Crippen LogP contribution < -0.4 is 5.32 Å². The van der Waals surface area contributed by atoms with Crippen molar-refractivity contribution in [3.8, 4) is 0 Å². The van der Waals surface area contributed by atoms with Crippen molar-refractivity contribution in [1.82, 2.24) is 5.32 Å². The number of hydrogen-bond acceptors (Lipinski definition) is 3. The van der Waals surface area contributed by atoms with Crippen LogP contribution >= 0.6 is 0 Å². The second-order valence-corrected chi connectivity index (χ2v) is 3.85. The van der Waals surface area contributed by atoms with Crippen LogP contribution in [0.1, 0.15) is 52.1 Å². The second-order valence-electron chi connectivity index (χ2n) is 3.85. The van der Waals surface area contributed by atoms with Crippen molar-refractivity contribution >= 4 is 5.91 Å². The lowest BCUT2D eigenvalue weighted by Crippen LogP contribution is -2.45. The summed E-state index contributed by atoms with van der Waals surface area (Å²) >= 11 is 0. The number of piperidine rings is 1. The molecule has 1 saturated heterocycles. The molecule has 1 aliphatic rings. The highest BCUT2D eigenvalue weighted by atomic mass is 16.6. The summed E-state index contributed by atoms with van der Waals surface area (Å²) in [5.74, 6) is -0.119. The number of amides is 1. The van der Waals surface area contributed by atoms with Crippen molar-refractivity contribution in [2.45, 2.75) is 52.6 Å². The molecule has 0 bridgehead atoms. The molecule has 1 heterocycles. The van der Waals surface area contributed by atoms with Gasteiger partial charge in [-0.2, -0.15) is 0 Å². The zero-order valence-corrected chi connectivity index (χ0v) is 12.6. The molecule has 2 rings (SSSR count). The third-order valence-corrected chi connectivity index (χ3v) is 2.80. The van der Waals surface area contributed by atoms with Crippen LogP contribution in [0, 0.1) is 10.1 Å². The van der Waals surface area contributed by atoms with Gasteiger partial charge in [0.05, 0.1) is 0 Å². The number of hydrogen-bond donors (Lipinski definition) is 1. The molecule has 1 N–H and O–H groups in total. The van der Waals surface area contributed by atoms with Crippen molar-refractivity contribution < 1.29 is 9.72 Å². The molecule has 0 aromatic heterocycles. The summed E-state index contributed by atoms with van der Waals surface area (Å²) in [6, 6.07) is 7.84. The van der Waals surface area contributed by atoms with Crippen LogP contribution in [0.15, 0.2) is 30.3 Å². The highest BCUT2D eigenvalue weighted by molar-refractivity contribution is 5.77. The minimum atomic E-state index is -0.722. The number of carbonyl (C=O) groups is 1. The Morgan fingerprint density at radius 3 is 2.20 bits per heavy atom. The highest BCUT2D eigenvalue weighted by Gasteiger charge is 2.37. The van der Waals surface area contributed by atoms with Gasteiger partial charge in [0, 0.05) is 17.8 Å². The van der Waals surface area contributed by atoms with Gasteiger partial charge in [0.25, 0.3) is 0 Å². The number of nitrogens with zero attached hydrogens (tertiary/aromatic N) is 1. The molecule has 20 heavy (non-hydrogen) atoms. The molecule has 1 aromatic rings. The van der Waals surface area contributed by atoms with Gasteiger partial charge in [0.15, 0.2) is 0 Å². The first-order chi connectivity index (χ1) is 9.68. The summed E-state index contributed by atoms with van der Waals surface area (Å²) in [5, 5.41) is 13.6. The van der Waals surface area contributed by atoms with Crippen LogP contribution in [0.3, 0.4) is 0 Å². The predicted octanol–water partition coefficient (Wildman–Crippen LogP) is 3.34. The SMILES string of the molecule is CC.CC.O=C1CCC([N+](=O)[O-])C(c2ccccc2)N1. The van der Waals surface area contributed by atoms with Gasteiger partial charge >= 0.3 is 0 Å². The van der Waals surface area contributed by atoms with E-state index in [4.69, 9.17) is 0 Å². The fraction of sp³-hybridized carbons (Fsp3) is 0.533. The fourth-order valence-corrected chi connectivity index (χ4v) is 1.98. The van der Waals surface area contributed by atoms with Crippen LogP contribution in [0.25, 0.3) is 0 Å². The van der Waals surface area contributed by atoms with Gasteiger partial charge < -0.3 is 5.32 Å². The number of nitro groups is 1. The summed E-state index contributed by atoms with van der Waals surface area (Å²) in [7, 11) is 0. The Morgan fingerprint density at radius 1 is 1.15 bits per heavy atom. The maximum absolute atomic E-state index is 11.3. The van der Waals surface area contributed by atoms with Crippen LogP contribution in [0.4, 0.5) is 0 Å². The Kier molecular flexibility index (Phi) is 9.00. The predicted molar refractivity (Wildman–Crippen MR) is 80.0 cm³/mol.